The second kappa shape index (κ2) is 10.7. The number of nitrogens with zero attached hydrogens (tertiary/aromatic N) is 6. The van der Waals surface area contributed by atoms with Gasteiger partial charge in [0.2, 0.25) is 5.95 Å². The van der Waals surface area contributed by atoms with Crippen molar-refractivity contribution in [2.45, 2.75) is 71.2 Å². The van der Waals surface area contributed by atoms with Crippen LogP contribution < -0.4 is 10.2 Å². The van der Waals surface area contributed by atoms with E-state index in [1.807, 2.05) is 10.9 Å². The first-order valence-corrected chi connectivity index (χ1v) is 16.3. The zero-order chi connectivity index (χ0) is 25.2. The molecule has 35 heavy (non-hydrogen) atoms. The van der Waals surface area contributed by atoms with Crippen LogP contribution in [0.2, 0.25) is 25.7 Å². The van der Waals surface area contributed by atoms with E-state index in [0.29, 0.717) is 25.3 Å². The van der Waals surface area contributed by atoms with Crippen molar-refractivity contribution >= 4 is 36.6 Å². The first-order valence-electron chi connectivity index (χ1n) is 12.6. The van der Waals surface area contributed by atoms with Gasteiger partial charge in [-0.3, -0.25) is 4.68 Å². The standard InChI is InChI=1S/C25H41N7O2Si/c1-18(16-33-4)32-15-21(14-26-32)27-25-28-23(30(3)19(2)20-8-9-20)22-10-11-31(24(22)29-25)17-34-12-13-35(5,6)7/h10-11,14-15,18-20H,8-9,12-13,16-17H2,1-7H3,(H,27,28,29). The van der Waals surface area contributed by atoms with Gasteiger partial charge in [0.05, 0.1) is 29.9 Å². The molecule has 0 saturated heterocycles. The minimum Gasteiger partial charge on any atom is -0.382 e. The van der Waals surface area contributed by atoms with Crippen LogP contribution in [0.3, 0.4) is 0 Å². The highest BCUT2D eigenvalue weighted by Crippen LogP contribution is 2.37. The van der Waals surface area contributed by atoms with Crippen molar-refractivity contribution in [3.8, 4) is 0 Å². The number of fused-ring (bicyclic) bond motifs is 1. The third-order valence-electron chi connectivity index (χ3n) is 6.79. The van der Waals surface area contributed by atoms with Gasteiger partial charge in [0.15, 0.2) is 0 Å². The molecule has 4 rings (SSSR count). The summed E-state index contributed by atoms with van der Waals surface area (Å²) in [6, 6.07) is 3.82. The molecule has 1 aliphatic rings. The third kappa shape index (κ3) is 6.42. The molecule has 0 bridgehead atoms. The van der Waals surface area contributed by atoms with Gasteiger partial charge < -0.3 is 24.3 Å². The van der Waals surface area contributed by atoms with Gasteiger partial charge in [0.1, 0.15) is 18.2 Å². The predicted molar refractivity (Wildman–Crippen MR) is 144 cm³/mol. The Labute approximate surface area is 209 Å². The van der Waals surface area contributed by atoms with Crippen LogP contribution in [0.25, 0.3) is 11.0 Å². The fourth-order valence-electron chi connectivity index (χ4n) is 4.20. The molecule has 1 N–H and O–H groups in total. The van der Waals surface area contributed by atoms with Gasteiger partial charge in [-0.2, -0.15) is 15.1 Å². The summed E-state index contributed by atoms with van der Waals surface area (Å²) >= 11 is 0. The summed E-state index contributed by atoms with van der Waals surface area (Å²) in [6.07, 6.45) is 8.40. The van der Waals surface area contributed by atoms with Crippen molar-refractivity contribution in [1.82, 2.24) is 24.3 Å². The molecule has 2 unspecified atom stereocenters. The average molecular weight is 500 g/mol. The van der Waals surface area contributed by atoms with Crippen molar-refractivity contribution in [1.29, 1.82) is 0 Å². The summed E-state index contributed by atoms with van der Waals surface area (Å²) in [5.41, 5.74) is 1.72. The Morgan fingerprint density at radius 1 is 1.23 bits per heavy atom. The summed E-state index contributed by atoms with van der Waals surface area (Å²) in [6.45, 7) is 13.3. The highest BCUT2D eigenvalue weighted by molar-refractivity contribution is 6.76. The number of hydrogen-bond acceptors (Lipinski definition) is 7. The Morgan fingerprint density at radius 2 is 2.00 bits per heavy atom. The smallest absolute Gasteiger partial charge is 0.231 e. The topological polar surface area (TPSA) is 82.3 Å². The fraction of sp³-hybridized carbons (Fsp3) is 0.640. The molecule has 2 atom stereocenters. The van der Waals surface area contributed by atoms with E-state index >= 15 is 0 Å². The van der Waals surface area contributed by atoms with Crippen LogP contribution in [0.5, 0.6) is 0 Å². The van der Waals surface area contributed by atoms with Gasteiger partial charge in [0, 0.05) is 47.3 Å². The van der Waals surface area contributed by atoms with Crippen molar-refractivity contribution in [3.63, 3.8) is 0 Å². The molecule has 0 radical (unpaired) electrons. The molecule has 3 aromatic rings. The zero-order valence-corrected chi connectivity index (χ0v) is 23.3. The average Bonchev–Trinajstić information content (AvgIpc) is 3.42. The van der Waals surface area contributed by atoms with Crippen LogP contribution in [0, 0.1) is 5.92 Å². The first-order chi connectivity index (χ1) is 16.7. The molecule has 1 fully saturated rings. The van der Waals surface area contributed by atoms with E-state index in [2.05, 4.69) is 72.7 Å². The lowest BCUT2D eigenvalue weighted by Gasteiger charge is -2.27. The number of anilines is 3. The van der Waals surface area contributed by atoms with Crippen LogP contribution in [-0.4, -0.2) is 65.8 Å². The van der Waals surface area contributed by atoms with Gasteiger partial charge in [-0.1, -0.05) is 19.6 Å². The summed E-state index contributed by atoms with van der Waals surface area (Å²) in [7, 11) is 2.71. The van der Waals surface area contributed by atoms with Crippen molar-refractivity contribution < 1.29 is 9.47 Å². The summed E-state index contributed by atoms with van der Waals surface area (Å²) < 4.78 is 15.3. The summed E-state index contributed by atoms with van der Waals surface area (Å²) in [5.74, 6) is 2.23. The lowest BCUT2D eigenvalue weighted by Crippen LogP contribution is -2.31. The van der Waals surface area contributed by atoms with Gasteiger partial charge in [-0.15, -0.1) is 0 Å². The number of methoxy groups -OCH3 is 1. The molecular weight excluding hydrogens is 458 g/mol. The maximum Gasteiger partial charge on any atom is 0.231 e. The lowest BCUT2D eigenvalue weighted by atomic mass is 10.2. The molecule has 9 nitrogen and oxygen atoms in total. The predicted octanol–water partition coefficient (Wildman–Crippen LogP) is 5.13. The molecule has 1 saturated carbocycles. The van der Waals surface area contributed by atoms with Gasteiger partial charge in [0.25, 0.3) is 0 Å². The molecule has 0 aliphatic heterocycles. The second-order valence-corrected chi connectivity index (χ2v) is 16.7. The van der Waals surface area contributed by atoms with Gasteiger partial charge in [-0.05, 0) is 44.7 Å². The van der Waals surface area contributed by atoms with E-state index in [4.69, 9.17) is 19.4 Å². The Kier molecular flexibility index (Phi) is 7.82. The molecule has 3 heterocycles. The summed E-state index contributed by atoms with van der Waals surface area (Å²) in [4.78, 5) is 12.1. The Balaban J connectivity index is 1.60. The molecule has 3 aromatic heterocycles. The van der Waals surface area contributed by atoms with Crippen LogP contribution in [-0.2, 0) is 16.2 Å². The maximum atomic E-state index is 6.05. The van der Waals surface area contributed by atoms with E-state index in [1.165, 1.54) is 12.8 Å². The Bertz CT molecular complexity index is 1120. The monoisotopic (exact) mass is 499 g/mol. The minimum atomic E-state index is -1.13. The molecular formula is C25H41N7O2Si. The van der Waals surface area contributed by atoms with Crippen molar-refractivity contribution in [2.24, 2.45) is 5.92 Å². The van der Waals surface area contributed by atoms with E-state index in [1.54, 1.807) is 13.3 Å². The van der Waals surface area contributed by atoms with Crippen molar-refractivity contribution in [3.05, 3.63) is 24.7 Å². The quantitative estimate of drug-likeness (QED) is 0.258. The molecule has 0 amide bonds. The number of ether oxygens (including phenoxy) is 2. The Hall–Kier alpha value is -2.43. The number of rotatable bonds is 13. The lowest BCUT2D eigenvalue weighted by molar-refractivity contribution is 0.0899. The van der Waals surface area contributed by atoms with Crippen LogP contribution in [0.1, 0.15) is 32.7 Å². The maximum absolute atomic E-state index is 6.05. The second-order valence-electron chi connectivity index (χ2n) is 11.1. The number of nitrogens with one attached hydrogen (secondary N) is 1. The summed E-state index contributed by atoms with van der Waals surface area (Å²) in [5, 5.41) is 8.89. The number of hydrogen-bond donors (Lipinski definition) is 1. The normalized spacial score (nSPS) is 16.0. The van der Waals surface area contributed by atoms with Gasteiger partial charge >= 0.3 is 0 Å². The zero-order valence-electron chi connectivity index (χ0n) is 22.3. The van der Waals surface area contributed by atoms with Crippen LogP contribution in [0.15, 0.2) is 24.7 Å². The van der Waals surface area contributed by atoms with Crippen molar-refractivity contribution in [2.75, 3.05) is 37.6 Å². The van der Waals surface area contributed by atoms with E-state index < -0.39 is 8.07 Å². The van der Waals surface area contributed by atoms with E-state index in [9.17, 15) is 0 Å². The van der Waals surface area contributed by atoms with E-state index in [-0.39, 0.29) is 6.04 Å². The van der Waals surface area contributed by atoms with E-state index in [0.717, 1.165) is 41.1 Å². The molecule has 0 spiro atoms. The molecule has 1 aliphatic carbocycles. The highest BCUT2D eigenvalue weighted by atomic mass is 28.3. The molecule has 0 aromatic carbocycles. The fourth-order valence-corrected chi connectivity index (χ4v) is 4.95. The number of aromatic nitrogens is 5. The largest absolute Gasteiger partial charge is 0.382 e. The SMILES string of the molecule is COCC(C)n1cc(Nc2nc(N(C)C(C)C3CC3)c3ccn(COCC[Si](C)(C)C)c3n2)cn1. The molecule has 10 heteroatoms. The highest BCUT2D eigenvalue weighted by Gasteiger charge is 2.32. The van der Waals surface area contributed by atoms with Crippen LogP contribution >= 0.6 is 0 Å². The molecule has 192 valence electrons. The first kappa shape index (κ1) is 25.7. The minimum absolute atomic E-state index is 0.144. The van der Waals surface area contributed by atoms with Crippen LogP contribution in [0.4, 0.5) is 17.5 Å². The van der Waals surface area contributed by atoms with Gasteiger partial charge in [-0.25, -0.2) is 0 Å². The Morgan fingerprint density at radius 3 is 2.69 bits per heavy atom. The third-order valence-corrected chi connectivity index (χ3v) is 8.50.